The van der Waals surface area contributed by atoms with E-state index in [1.165, 1.54) is 6.07 Å². The Bertz CT molecular complexity index is 931. The standard InChI is InChI=1S/C20H27N3O4S/c1-5-6-9-12-23-17(20(2,3)4)16(24)15(19(23)25)18-21-13-10-7-8-11-14(13)28(26,27)22-18/h7-8,10-11,15,17H,5-6,9,12H2,1-4H3,(H,21,22)/t15?,17-/m1/s1. The highest BCUT2D eigenvalue weighted by atomic mass is 32.2. The van der Waals surface area contributed by atoms with Crippen molar-refractivity contribution < 1.29 is 18.0 Å². The predicted octanol–water partition coefficient (Wildman–Crippen LogP) is 2.83. The number of amides is 1. The molecule has 0 spiro atoms. The van der Waals surface area contributed by atoms with E-state index in [1.54, 1.807) is 23.1 Å². The third-order valence-electron chi connectivity index (χ3n) is 5.14. The van der Waals surface area contributed by atoms with Crippen molar-refractivity contribution in [2.45, 2.75) is 57.9 Å². The third kappa shape index (κ3) is 3.57. The summed E-state index contributed by atoms with van der Waals surface area (Å²) >= 11 is 0. The van der Waals surface area contributed by atoms with Crippen molar-refractivity contribution >= 4 is 33.2 Å². The molecular weight excluding hydrogens is 378 g/mol. The lowest BCUT2D eigenvalue weighted by atomic mass is 9.82. The van der Waals surface area contributed by atoms with Crippen LogP contribution in [0.5, 0.6) is 0 Å². The first-order valence-electron chi connectivity index (χ1n) is 9.63. The fourth-order valence-electron chi connectivity index (χ4n) is 3.90. The van der Waals surface area contributed by atoms with Crippen molar-refractivity contribution in [2.24, 2.45) is 15.7 Å². The summed E-state index contributed by atoms with van der Waals surface area (Å²) in [6.45, 7) is 8.30. The predicted molar refractivity (Wildman–Crippen MR) is 108 cm³/mol. The highest BCUT2D eigenvalue weighted by Crippen LogP contribution is 2.37. The molecule has 2 heterocycles. The number of carbonyl (C=O) groups excluding carboxylic acids is 2. The van der Waals surface area contributed by atoms with Gasteiger partial charge in [0.15, 0.2) is 11.7 Å². The van der Waals surface area contributed by atoms with Crippen molar-refractivity contribution in [3.63, 3.8) is 0 Å². The second-order valence-electron chi connectivity index (χ2n) is 8.42. The Morgan fingerprint density at radius 1 is 1.14 bits per heavy atom. The number of rotatable bonds is 5. The number of nitrogens with zero attached hydrogens (tertiary/aromatic N) is 2. The van der Waals surface area contributed by atoms with E-state index in [0.29, 0.717) is 12.2 Å². The van der Waals surface area contributed by atoms with Gasteiger partial charge in [-0.25, -0.2) is 0 Å². The number of nitrogens with one attached hydrogen (secondary N) is 1. The molecule has 1 fully saturated rings. The molecule has 0 aromatic heterocycles. The van der Waals surface area contributed by atoms with Crippen molar-refractivity contribution in [1.29, 1.82) is 0 Å². The van der Waals surface area contributed by atoms with Crippen molar-refractivity contribution in [3.8, 4) is 0 Å². The Hall–Kier alpha value is -2.22. The second-order valence-corrected chi connectivity index (χ2v) is 9.99. The zero-order chi connectivity index (χ0) is 20.7. The average molecular weight is 406 g/mol. The Labute approximate surface area is 166 Å². The molecule has 7 nitrogen and oxygen atoms in total. The number of benzene rings is 1. The normalized spacial score (nSPS) is 24.0. The highest BCUT2D eigenvalue weighted by molar-refractivity contribution is 7.90. The van der Waals surface area contributed by atoms with E-state index in [4.69, 9.17) is 0 Å². The molecule has 1 N–H and O–H groups in total. The number of Topliss-reactive ketones (excluding diaryl/α,β-unsaturated/α-hetero) is 1. The van der Waals surface area contributed by atoms with E-state index in [2.05, 4.69) is 16.6 Å². The van der Waals surface area contributed by atoms with Gasteiger partial charge in [-0.1, -0.05) is 52.7 Å². The van der Waals surface area contributed by atoms with Gasteiger partial charge < -0.3 is 10.2 Å². The minimum absolute atomic E-state index is 0.0452. The van der Waals surface area contributed by atoms with Crippen LogP contribution >= 0.6 is 0 Å². The summed E-state index contributed by atoms with van der Waals surface area (Å²) in [6, 6.07) is 5.75. The Balaban J connectivity index is 1.99. The van der Waals surface area contributed by atoms with Gasteiger partial charge in [-0.2, -0.15) is 8.42 Å². The van der Waals surface area contributed by atoms with Gasteiger partial charge in [-0.15, -0.1) is 4.40 Å². The number of amidine groups is 1. The van der Waals surface area contributed by atoms with Crippen molar-refractivity contribution in [2.75, 3.05) is 11.9 Å². The monoisotopic (exact) mass is 405 g/mol. The third-order valence-corrected chi connectivity index (χ3v) is 6.49. The molecule has 0 radical (unpaired) electrons. The van der Waals surface area contributed by atoms with Crippen molar-refractivity contribution in [3.05, 3.63) is 24.3 Å². The van der Waals surface area contributed by atoms with Crippen LogP contribution in [-0.4, -0.2) is 43.4 Å². The van der Waals surface area contributed by atoms with Gasteiger partial charge in [0, 0.05) is 6.54 Å². The number of carbonyl (C=O) groups is 2. The number of ketones is 1. The van der Waals surface area contributed by atoms with Gasteiger partial charge >= 0.3 is 0 Å². The fraction of sp³-hybridized carbons (Fsp3) is 0.550. The van der Waals surface area contributed by atoms with Crippen LogP contribution < -0.4 is 5.32 Å². The maximum Gasteiger partial charge on any atom is 0.286 e. The van der Waals surface area contributed by atoms with Crippen molar-refractivity contribution in [1.82, 2.24) is 4.90 Å². The smallest absolute Gasteiger partial charge is 0.286 e. The molecular formula is C20H27N3O4S. The van der Waals surface area contributed by atoms with Crippen LogP contribution in [0.3, 0.4) is 0 Å². The van der Waals surface area contributed by atoms with Gasteiger partial charge in [0.05, 0.1) is 11.7 Å². The van der Waals surface area contributed by atoms with E-state index in [0.717, 1.165) is 19.3 Å². The van der Waals surface area contributed by atoms with Crippen LogP contribution in [-0.2, 0) is 19.6 Å². The number of sulfonamides is 1. The lowest BCUT2D eigenvalue weighted by molar-refractivity contribution is -0.131. The lowest BCUT2D eigenvalue weighted by Gasteiger charge is -2.33. The molecule has 2 atom stereocenters. The van der Waals surface area contributed by atoms with Crippen LogP contribution in [0.25, 0.3) is 0 Å². The fourth-order valence-corrected chi connectivity index (χ4v) is 5.06. The molecule has 1 unspecified atom stereocenters. The van der Waals surface area contributed by atoms with Gasteiger partial charge in [-0.3, -0.25) is 9.59 Å². The maximum atomic E-state index is 13.2. The van der Waals surface area contributed by atoms with E-state index < -0.39 is 27.4 Å². The molecule has 1 amide bonds. The van der Waals surface area contributed by atoms with Crippen LogP contribution in [0.1, 0.15) is 47.0 Å². The quantitative estimate of drug-likeness (QED) is 0.600. The first-order chi connectivity index (χ1) is 13.1. The Morgan fingerprint density at radius 3 is 2.46 bits per heavy atom. The number of unbranched alkanes of at least 4 members (excludes halogenated alkanes) is 2. The van der Waals surface area contributed by atoms with E-state index in [1.807, 2.05) is 20.8 Å². The van der Waals surface area contributed by atoms with Crippen LogP contribution in [0.15, 0.2) is 33.6 Å². The summed E-state index contributed by atoms with van der Waals surface area (Å²) < 4.78 is 28.9. The second kappa shape index (κ2) is 7.31. The molecule has 152 valence electrons. The van der Waals surface area contributed by atoms with Gasteiger partial charge in [0.25, 0.3) is 10.0 Å². The molecule has 2 aliphatic heterocycles. The van der Waals surface area contributed by atoms with Crippen LogP contribution in [0, 0.1) is 11.3 Å². The van der Waals surface area contributed by atoms with Crippen LogP contribution in [0.2, 0.25) is 0 Å². The number of fused-ring (bicyclic) bond motifs is 1. The molecule has 0 saturated carbocycles. The largest absolute Gasteiger partial charge is 0.341 e. The average Bonchev–Trinajstić information content (AvgIpc) is 2.85. The molecule has 0 aliphatic carbocycles. The molecule has 0 bridgehead atoms. The number of likely N-dealkylation sites (tertiary alicyclic amines) is 1. The molecule has 8 heteroatoms. The highest BCUT2D eigenvalue weighted by Gasteiger charge is 2.54. The molecule has 1 aromatic rings. The minimum atomic E-state index is -3.96. The lowest BCUT2D eigenvalue weighted by Crippen LogP contribution is -2.45. The van der Waals surface area contributed by atoms with E-state index >= 15 is 0 Å². The zero-order valence-electron chi connectivity index (χ0n) is 16.7. The first-order valence-corrected chi connectivity index (χ1v) is 11.1. The molecule has 1 saturated heterocycles. The van der Waals surface area contributed by atoms with Gasteiger partial charge in [-0.05, 0) is 24.0 Å². The van der Waals surface area contributed by atoms with Gasteiger partial charge in [0.2, 0.25) is 5.91 Å². The van der Waals surface area contributed by atoms with Gasteiger partial charge in [0.1, 0.15) is 10.7 Å². The summed E-state index contributed by atoms with van der Waals surface area (Å²) in [5.74, 6) is -1.98. The number of hydrogen-bond acceptors (Lipinski definition) is 5. The first kappa shape index (κ1) is 20.5. The summed E-state index contributed by atoms with van der Waals surface area (Å²) in [5.41, 5.74) is -0.121. The molecule has 2 aliphatic rings. The van der Waals surface area contributed by atoms with E-state index in [9.17, 15) is 18.0 Å². The summed E-state index contributed by atoms with van der Waals surface area (Å²) in [4.78, 5) is 28.1. The Morgan fingerprint density at radius 2 is 1.82 bits per heavy atom. The van der Waals surface area contributed by atoms with Crippen LogP contribution in [0.4, 0.5) is 5.69 Å². The number of anilines is 1. The number of hydrogen-bond donors (Lipinski definition) is 1. The SMILES string of the molecule is CCCCCN1C(=O)C(C2=NS(=O)(=O)c3ccccc3N2)C(=O)[C@@H]1C(C)(C)C. The summed E-state index contributed by atoms with van der Waals surface area (Å²) in [5, 5.41) is 2.92. The zero-order valence-corrected chi connectivity index (χ0v) is 17.5. The molecule has 3 rings (SSSR count). The molecule has 28 heavy (non-hydrogen) atoms. The number of para-hydroxylation sites is 1. The summed E-state index contributed by atoms with van der Waals surface area (Å²) in [6.07, 6.45) is 2.76. The summed E-state index contributed by atoms with van der Waals surface area (Å²) in [7, 11) is -3.96. The topological polar surface area (TPSA) is 95.9 Å². The molecule has 1 aromatic carbocycles. The van der Waals surface area contributed by atoms with E-state index in [-0.39, 0.29) is 22.4 Å². The minimum Gasteiger partial charge on any atom is -0.341 e. The maximum absolute atomic E-state index is 13.2. The Kier molecular flexibility index (Phi) is 5.36.